The van der Waals surface area contributed by atoms with E-state index in [1.165, 1.54) is 0 Å². The van der Waals surface area contributed by atoms with Crippen molar-refractivity contribution in [2.75, 3.05) is 6.26 Å². The van der Waals surface area contributed by atoms with E-state index in [-0.39, 0.29) is 17.5 Å². The predicted molar refractivity (Wildman–Crippen MR) is 131 cm³/mol. The number of aromatic nitrogens is 2. The van der Waals surface area contributed by atoms with Gasteiger partial charge in [-0.1, -0.05) is 20.8 Å². The highest BCUT2D eigenvalue weighted by atomic mass is 32.2. The van der Waals surface area contributed by atoms with Gasteiger partial charge in [-0.2, -0.15) is 0 Å². The van der Waals surface area contributed by atoms with E-state index in [4.69, 9.17) is 9.40 Å². The minimum absolute atomic E-state index is 0.0777. The Balaban J connectivity index is 1.83. The van der Waals surface area contributed by atoms with Gasteiger partial charge in [-0.15, -0.1) is 0 Å². The number of sulfonamides is 1. The maximum atomic E-state index is 12.6. The molecule has 2 N–H and O–H groups in total. The van der Waals surface area contributed by atoms with Crippen LogP contribution >= 0.6 is 0 Å². The molecule has 4 rings (SSSR count). The summed E-state index contributed by atoms with van der Waals surface area (Å²) < 4.78 is 30.9. The molecule has 3 aromatic heterocycles. The molecular weight excluding hydrogens is 438 g/mol. The maximum Gasteiger partial charge on any atom is 0.256 e. The Morgan fingerprint density at radius 1 is 1.06 bits per heavy atom. The Hall–Kier alpha value is -3.23. The number of pyridine rings is 2. The van der Waals surface area contributed by atoms with Gasteiger partial charge in [-0.25, -0.2) is 13.1 Å². The molecule has 1 aromatic carbocycles. The average molecular weight is 466 g/mol. The Morgan fingerprint density at radius 2 is 1.79 bits per heavy atom. The summed E-state index contributed by atoms with van der Waals surface area (Å²) in [4.78, 5) is 20.2. The Kier molecular flexibility index (Phi) is 5.76. The van der Waals surface area contributed by atoms with E-state index >= 15 is 0 Å². The van der Waals surface area contributed by atoms with E-state index in [1.54, 1.807) is 18.3 Å². The fraction of sp³-hybridized carbons (Fsp3) is 0.280. The van der Waals surface area contributed by atoms with Crippen molar-refractivity contribution in [3.05, 3.63) is 76.0 Å². The number of nitrogens with one attached hydrogen (secondary N) is 2. The number of aromatic amines is 1. The minimum atomic E-state index is -3.31. The third-order valence-corrected chi connectivity index (χ3v) is 6.08. The lowest BCUT2D eigenvalue weighted by molar-refractivity contribution is 0.510. The first kappa shape index (κ1) is 22.9. The van der Waals surface area contributed by atoms with Crippen molar-refractivity contribution >= 4 is 20.9 Å². The van der Waals surface area contributed by atoms with Gasteiger partial charge in [0.2, 0.25) is 10.0 Å². The molecule has 33 heavy (non-hydrogen) atoms. The van der Waals surface area contributed by atoms with Crippen LogP contribution in [0, 0.1) is 6.92 Å². The van der Waals surface area contributed by atoms with Gasteiger partial charge in [0.1, 0.15) is 11.5 Å². The van der Waals surface area contributed by atoms with Crippen molar-refractivity contribution < 1.29 is 12.8 Å². The first-order valence-corrected chi connectivity index (χ1v) is 12.5. The smallest absolute Gasteiger partial charge is 0.256 e. The summed E-state index contributed by atoms with van der Waals surface area (Å²) in [6, 6.07) is 13.2. The molecule has 0 saturated carbocycles. The molecule has 0 aliphatic heterocycles. The highest BCUT2D eigenvalue weighted by Crippen LogP contribution is 2.35. The second kappa shape index (κ2) is 8.28. The molecule has 0 unspecified atom stereocenters. The van der Waals surface area contributed by atoms with Crippen LogP contribution in [0.5, 0.6) is 0 Å². The zero-order valence-corrected chi connectivity index (χ0v) is 20.1. The first-order chi connectivity index (χ1) is 15.4. The van der Waals surface area contributed by atoms with Gasteiger partial charge >= 0.3 is 0 Å². The molecule has 0 amide bonds. The largest absolute Gasteiger partial charge is 0.460 e. The zero-order chi connectivity index (χ0) is 24.0. The number of nitrogens with zero attached hydrogens (tertiary/aromatic N) is 1. The molecule has 0 radical (unpaired) electrons. The molecule has 0 fully saturated rings. The van der Waals surface area contributed by atoms with Gasteiger partial charge in [0.05, 0.1) is 18.3 Å². The highest BCUT2D eigenvalue weighted by Gasteiger charge is 2.21. The first-order valence-electron chi connectivity index (χ1n) is 10.6. The molecule has 4 aromatic rings. The maximum absolute atomic E-state index is 12.6. The van der Waals surface area contributed by atoms with Crippen molar-refractivity contribution in [2.45, 2.75) is 39.7 Å². The van der Waals surface area contributed by atoms with Crippen LogP contribution < -0.4 is 10.3 Å². The molecule has 0 aliphatic rings. The van der Waals surface area contributed by atoms with Crippen molar-refractivity contribution in [3.8, 4) is 22.5 Å². The quantitative estimate of drug-likeness (QED) is 0.451. The zero-order valence-electron chi connectivity index (χ0n) is 19.3. The Bertz CT molecular complexity index is 1510. The van der Waals surface area contributed by atoms with Crippen LogP contribution in [0.2, 0.25) is 0 Å². The van der Waals surface area contributed by atoms with Crippen LogP contribution in [0.25, 0.3) is 33.4 Å². The number of aryl methyl sites for hydroxylation is 1. The summed E-state index contributed by atoms with van der Waals surface area (Å²) in [5, 5.41) is 0.891. The normalized spacial score (nSPS) is 12.4. The number of H-pyrrole nitrogens is 1. The SMILES string of the molecule is Cc1ccc(-c2cc(C(C)(C)C)c3ncc(-c4ccc(CNS(C)(=O)=O)o4)cc3c2)c(=O)[nH]1. The lowest BCUT2D eigenvalue weighted by Crippen LogP contribution is -2.20. The molecule has 172 valence electrons. The summed E-state index contributed by atoms with van der Waals surface area (Å²) in [5.41, 5.74) is 4.59. The Morgan fingerprint density at radius 3 is 2.45 bits per heavy atom. The molecule has 0 aliphatic carbocycles. The van der Waals surface area contributed by atoms with Gasteiger partial charge in [-0.3, -0.25) is 9.78 Å². The predicted octanol–water partition coefficient (Wildman–Crippen LogP) is 4.51. The van der Waals surface area contributed by atoms with Crippen molar-refractivity contribution in [3.63, 3.8) is 0 Å². The average Bonchev–Trinajstić information content (AvgIpc) is 3.19. The van der Waals surface area contributed by atoms with Crippen molar-refractivity contribution in [2.24, 2.45) is 0 Å². The summed E-state index contributed by atoms with van der Waals surface area (Å²) in [6.45, 7) is 8.29. The molecule has 0 bridgehead atoms. The van der Waals surface area contributed by atoms with E-state index in [1.807, 2.05) is 37.3 Å². The molecule has 0 saturated heterocycles. The second-order valence-corrected chi connectivity index (χ2v) is 11.1. The monoisotopic (exact) mass is 465 g/mol. The number of furan rings is 1. The van der Waals surface area contributed by atoms with Gasteiger partial charge < -0.3 is 9.40 Å². The number of benzene rings is 1. The molecule has 0 atom stereocenters. The van der Waals surface area contributed by atoms with E-state index in [0.717, 1.165) is 39.5 Å². The van der Waals surface area contributed by atoms with E-state index in [2.05, 4.69) is 30.5 Å². The summed E-state index contributed by atoms with van der Waals surface area (Å²) >= 11 is 0. The van der Waals surface area contributed by atoms with Gasteiger partial charge in [0, 0.05) is 28.4 Å². The summed E-state index contributed by atoms with van der Waals surface area (Å²) in [6.07, 6.45) is 2.86. The third-order valence-electron chi connectivity index (χ3n) is 5.41. The lowest BCUT2D eigenvalue weighted by Gasteiger charge is -2.22. The van der Waals surface area contributed by atoms with Crippen LogP contribution in [0.4, 0.5) is 0 Å². The molecule has 8 heteroatoms. The number of rotatable bonds is 5. The van der Waals surface area contributed by atoms with E-state index in [9.17, 15) is 13.2 Å². The van der Waals surface area contributed by atoms with Crippen LogP contribution in [0.3, 0.4) is 0 Å². The van der Waals surface area contributed by atoms with Crippen LogP contribution in [-0.2, 0) is 22.0 Å². The van der Waals surface area contributed by atoms with E-state index < -0.39 is 10.0 Å². The van der Waals surface area contributed by atoms with Crippen molar-refractivity contribution in [1.29, 1.82) is 0 Å². The standard InChI is InChI=1S/C25H27N3O4S/c1-15-6-8-20(24(29)28-15)16-10-17-11-18(13-26-23(17)21(12-16)25(2,3)4)22-9-7-19(32-22)14-27-33(5,30)31/h6-13,27H,14H2,1-5H3,(H,28,29). The molecular formula is C25H27N3O4S. The van der Waals surface area contributed by atoms with Gasteiger partial charge in [-0.05, 0) is 65.9 Å². The molecule has 3 heterocycles. The Labute approximate surface area is 192 Å². The molecule has 7 nitrogen and oxygen atoms in total. The highest BCUT2D eigenvalue weighted by molar-refractivity contribution is 7.88. The number of fused-ring (bicyclic) bond motifs is 1. The molecule has 0 spiro atoms. The van der Waals surface area contributed by atoms with Crippen LogP contribution in [0.1, 0.15) is 37.8 Å². The fourth-order valence-electron chi connectivity index (χ4n) is 3.74. The lowest BCUT2D eigenvalue weighted by atomic mass is 9.83. The fourth-order valence-corrected chi connectivity index (χ4v) is 4.15. The van der Waals surface area contributed by atoms with E-state index in [0.29, 0.717) is 17.1 Å². The van der Waals surface area contributed by atoms with Crippen molar-refractivity contribution in [1.82, 2.24) is 14.7 Å². The second-order valence-electron chi connectivity index (χ2n) is 9.31. The summed E-state index contributed by atoms with van der Waals surface area (Å²) in [5.74, 6) is 1.09. The van der Waals surface area contributed by atoms with Crippen LogP contribution in [-0.4, -0.2) is 24.6 Å². The topological polar surface area (TPSA) is 105 Å². The van der Waals surface area contributed by atoms with Gasteiger partial charge in [0.15, 0.2) is 0 Å². The summed E-state index contributed by atoms with van der Waals surface area (Å²) in [7, 11) is -3.31. The number of hydrogen-bond donors (Lipinski definition) is 2. The van der Waals surface area contributed by atoms with Crippen LogP contribution in [0.15, 0.2) is 57.9 Å². The number of hydrogen-bond acceptors (Lipinski definition) is 5. The third kappa shape index (κ3) is 5.07. The minimum Gasteiger partial charge on any atom is -0.460 e. The van der Waals surface area contributed by atoms with Gasteiger partial charge in [0.25, 0.3) is 5.56 Å².